The van der Waals surface area contributed by atoms with Crippen molar-refractivity contribution < 1.29 is 5.11 Å². The van der Waals surface area contributed by atoms with Crippen molar-refractivity contribution >= 4 is 0 Å². The van der Waals surface area contributed by atoms with Crippen LogP contribution in [0.15, 0.2) is 77.6 Å². The molecule has 2 heteroatoms. The summed E-state index contributed by atoms with van der Waals surface area (Å²) in [5.74, 6) is -0.0229. The third kappa shape index (κ3) is 2.35. The average molecular weight is 265 g/mol. The van der Waals surface area contributed by atoms with E-state index in [2.05, 4.69) is 12.2 Å². The van der Waals surface area contributed by atoms with Gasteiger partial charge in [-0.15, -0.1) is 0 Å². The third-order valence-corrected chi connectivity index (χ3v) is 3.97. The lowest BCUT2D eigenvalue weighted by molar-refractivity contribution is 0.193. The van der Waals surface area contributed by atoms with Gasteiger partial charge in [-0.2, -0.15) is 0 Å². The molecule has 0 aliphatic heterocycles. The number of allylic oxidation sites excluding steroid dienone is 4. The first-order valence-corrected chi connectivity index (χ1v) is 7.04. The maximum Gasteiger partial charge on any atom is 0.0915 e. The molecule has 3 N–H and O–H groups in total. The lowest BCUT2D eigenvalue weighted by atomic mass is 9.80. The van der Waals surface area contributed by atoms with Crippen LogP contribution in [0, 0.1) is 0 Å². The molecular weight excluding hydrogens is 246 g/mol. The minimum absolute atomic E-state index is 0.0229. The van der Waals surface area contributed by atoms with Gasteiger partial charge in [-0.3, -0.25) is 0 Å². The number of rotatable bonds is 2. The number of nitrogens with two attached hydrogens (primary N) is 1. The maximum atomic E-state index is 10.8. The van der Waals surface area contributed by atoms with Crippen LogP contribution in [0.3, 0.4) is 0 Å². The van der Waals surface area contributed by atoms with Gasteiger partial charge in [-0.25, -0.2) is 0 Å². The van der Waals surface area contributed by atoms with E-state index in [4.69, 9.17) is 5.73 Å². The van der Waals surface area contributed by atoms with Crippen molar-refractivity contribution in [3.63, 3.8) is 0 Å². The minimum atomic E-state index is -0.569. The zero-order valence-electron chi connectivity index (χ0n) is 11.4. The van der Waals surface area contributed by atoms with Gasteiger partial charge in [0, 0.05) is 17.2 Å². The van der Waals surface area contributed by atoms with E-state index in [1.165, 1.54) is 0 Å². The van der Waals surface area contributed by atoms with Gasteiger partial charge in [-0.1, -0.05) is 54.6 Å². The normalized spacial score (nSPS) is 25.8. The Kier molecular flexibility index (Phi) is 3.57. The van der Waals surface area contributed by atoms with Crippen molar-refractivity contribution in [2.24, 2.45) is 5.73 Å². The Balaban J connectivity index is 1.96. The number of aliphatic hydroxyl groups excluding tert-OH is 1. The van der Waals surface area contributed by atoms with Gasteiger partial charge >= 0.3 is 0 Å². The number of aliphatic hydroxyl groups is 1. The van der Waals surface area contributed by atoms with Crippen LogP contribution in [-0.2, 0) is 0 Å². The standard InChI is InChI=1S/C18H19NO/c19-16-12-11-15(13-7-3-1-4-8-13)18(20)17(16)14-9-5-2-6-10-14/h1-5,7-9,11-12,15,18,20H,6,10,19H2. The van der Waals surface area contributed by atoms with Crippen molar-refractivity contribution in [1.82, 2.24) is 0 Å². The highest BCUT2D eigenvalue weighted by Crippen LogP contribution is 2.36. The van der Waals surface area contributed by atoms with Gasteiger partial charge < -0.3 is 10.8 Å². The lowest BCUT2D eigenvalue weighted by Gasteiger charge is -2.29. The predicted octanol–water partition coefficient (Wildman–Crippen LogP) is 3.19. The van der Waals surface area contributed by atoms with Crippen LogP contribution in [0.4, 0.5) is 0 Å². The number of benzene rings is 1. The monoisotopic (exact) mass is 265 g/mol. The van der Waals surface area contributed by atoms with Crippen molar-refractivity contribution in [1.29, 1.82) is 0 Å². The first kappa shape index (κ1) is 12.9. The van der Waals surface area contributed by atoms with Gasteiger partial charge in [0.25, 0.3) is 0 Å². The summed E-state index contributed by atoms with van der Waals surface area (Å²) in [6.07, 6.45) is 11.6. The van der Waals surface area contributed by atoms with Gasteiger partial charge in [0.2, 0.25) is 0 Å². The SMILES string of the molecule is NC1=C(C2=CC=CCC2)C(O)C(c2ccccc2)C=C1. The topological polar surface area (TPSA) is 46.2 Å². The second kappa shape index (κ2) is 5.51. The Labute approximate surface area is 119 Å². The Morgan fingerprint density at radius 1 is 1.15 bits per heavy atom. The molecule has 0 fully saturated rings. The van der Waals surface area contributed by atoms with Crippen molar-refractivity contribution in [3.05, 3.63) is 83.1 Å². The van der Waals surface area contributed by atoms with E-state index in [1.54, 1.807) is 0 Å². The summed E-state index contributed by atoms with van der Waals surface area (Å²) >= 11 is 0. The first-order chi connectivity index (χ1) is 9.77. The first-order valence-electron chi connectivity index (χ1n) is 7.04. The smallest absolute Gasteiger partial charge is 0.0915 e. The van der Waals surface area contributed by atoms with Gasteiger partial charge in [-0.05, 0) is 30.1 Å². The fourth-order valence-corrected chi connectivity index (χ4v) is 2.92. The summed E-state index contributed by atoms with van der Waals surface area (Å²) < 4.78 is 0. The molecule has 2 atom stereocenters. The summed E-state index contributed by atoms with van der Waals surface area (Å²) in [6, 6.07) is 10.1. The molecule has 0 radical (unpaired) electrons. The molecule has 0 amide bonds. The Morgan fingerprint density at radius 2 is 1.95 bits per heavy atom. The molecule has 0 heterocycles. The molecule has 2 nitrogen and oxygen atoms in total. The van der Waals surface area contributed by atoms with Crippen LogP contribution >= 0.6 is 0 Å². The molecule has 20 heavy (non-hydrogen) atoms. The van der Waals surface area contributed by atoms with E-state index in [-0.39, 0.29) is 5.92 Å². The molecule has 0 saturated heterocycles. The summed E-state index contributed by atoms with van der Waals surface area (Å²) in [6.45, 7) is 0. The summed E-state index contributed by atoms with van der Waals surface area (Å²) in [7, 11) is 0. The van der Waals surface area contributed by atoms with Gasteiger partial charge in [0.15, 0.2) is 0 Å². The van der Waals surface area contributed by atoms with Gasteiger partial charge in [0.1, 0.15) is 0 Å². The highest BCUT2D eigenvalue weighted by atomic mass is 16.3. The second-order valence-electron chi connectivity index (χ2n) is 5.27. The third-order valence-electron chi connectivity index (χ3n) is 3.97. The zero-order chi connectivity index (χ0) is 13.9. The zero-order valence-corrected chi connectivity index (χ0v) is 11.4. The van der Waals surface area contributed by atoms with Gasteiger partial charge in [0.05, 0.1) is 6.10 Å². The highest BCUT2D eigenvalue weighted by molar-refractivity contribution is 5.50. The largest absolute Gasteiger partial charge is 0.398 e. The van der Waals surface area contributed by atoms with E-state index in [9.17, 15) is 5.11 Å². The number of hydrogen-bond acceptors (Lipinski definition) is 2. The van der Waals surface area contributed by atoms with Crippen molar-refractivity contribution in [2.45, 2.75) is 24.9 Å². The van der Waals surface area contributed by atoms with E-state index in [0.717, 1.165) is 29.6 Å². The van der Waals surface area contributed by atoms with Crippen LogP contribution < -0.4 is 5.73 Å². The van der Waals surface area contributed by atoms with E-state index < -0.39 is 6.10 Å². The molecule has 2 aliphatic carbocycles. The highest BCUT2D eigenvalue weighted by Gasteiger charge is 2.29. The molecule has 1 aromatic rings. The molecule has 2 aliphatic rings. The van der Waals surface area contributed by atoms with E-state index >= 15 is 0 Å². The summed E-state index contributed by atoms with van der Waals surface area (Å²) in [5.41, 5.74) is 9.96. The minimum Gasteiger partial charge on any atom is -0.398 e. The maximum absolute atomic E-state index is 10.8. The molecule has 0 bridgehead atoms. The van der Waals surface area contributed by atoms with Crippen LogP contribution in [0.5, 0.6) is 0 Å². The molecule has 2 unspecified atom stereocenters. The molecule has 0 saturated carbocycles. The van der Waals surface area contributed by atoms with E-state index in [1.807, 2.05) is 48.6 Å². The lowest BCUT2D eigenvalue weighted by Crippen LogP contribution is -2.27. The average Bonchev–Trinajstić information content (AvgIpc) is 2.49. The van der Waals surface area contributed by atoms with Crippen molar-refractivity contribution in [3.8, 4) is 0 Å². The quantitative estimate of drug-likeness (QED) is 0.862. The Bertz CT molecular complexity index is 608. The fraction of sp³-hybridized carbons (Fsp3) is 0.222. The second-order valence-corrected chi connectivity index (χ2v) is 5.27. The van der Waals surface area contributed by atoms with Crippen LogP contribution in [0.25, 0.3) is 0 Å². The molecule has 0 spiro atoms. The Morgan fingerprint density at radius 3 is 2.65 bits per heavy atom. The molecule has 3 rings (SSSR count). The molecular formula is C18H19NO. The van der Waals surface area contributed by atoms with Crippen LogP contribution in [-0.4, -0.2) is 11.2 Å². The number of hydrogen-bond donors (Lipinski definition) is 2. The molecule has 0 aromatic heterocycles. The van der Waals surface area contributed by atoms with Crippen LogP contribution in [0.2, 0.25) is 0 Å². The van der Waals surface area contributed by atoms with E-state index in [0.29, 0.717) is 5.70 Å². The fourth-order valence-electron chi connectivity index (χ4n) is 2.92. The van der Waals surface area contributed by atoms with Crippen molar-refractivity contribution in [2.75, 3.05) is 0 Å². The Hall–Kier alpha value is -2.06. The summed E-state index contributed by atoms with van der Waals surface area (Å²) in [4.78, 5) is 0. The summed E-state index contributed by atoms with van der Waals surface area (Å²) in [5, 5.41) is 10.8. The molecule has 1 aromatic carbocycles. The van der Waals surface area contributed by atoms with Crippen LogP contribution in [0.1, 0.15) is 24.3 Å². The molecule has 102 valence electrons. The predicted molar refractivity (Wildman–Crippen MR) is 82.0 cm³/mol.